The first-order valence-corrected chi connectivity index (χ1v) is 8.22. The van der Waals surface area contributed by atoms with E-state index in [1.807, 2.05) is 24.3 Å². The number of carbonyl (C=O) groups excluding carboxylic acids is 1. The van der Waals surface area contributed by atoms with Crippen molar-refractivity contribution in [2.45, 2.75) is 30.8 Å². The van der Waals surface area contributed by atoms with Crippen LogP contribution in [0.2, 0.25) is 0 Å². The number of halogens is 1. The molecular formula is C16H18BrNO4. The minimum atomic E-state index is -1.01. The van der Waals surface area contributed by atoms with E-state index in [2.05, 4.69) is 15.9 Å². The predicted molar refractivity (Wildman–Crippen MR) is 83.6 cm³/mol. The molecule has 1 N–H and O–H groups in total. The Morgan fingerprint density at radius 1 is 1.27 bits per heavy atom. The molecule has 1 aliphatic heterocycles. The number of benzene rings is 1. The zero-order valence-electron chi connectivity index (χ0n) is 12.1. The van der Waals surface area contributed by atoms with Gasteiger partial charge in [0.2, 0.25) is 5.91 Å². The van der Waals surface area contributed by atoms with Gasteiger partial charge in [-0.3, -0.25) is 4.79 Å². The Bertz CT molecular complexity index is 582. The molecule has 0 radical (unpaired) electrons. The molecule has 1 aromatic rings. The highest BCUT2D eigenvalue weighted by Crippen LogP contribution is 2.45. The molecule has 2 aliphatic rings. The molecule has 1 saturated carbocycles. The first-order valence-electron chi connectivity index (χ1n) is 7.43. The normalized spacial score (nSPS) is 23.7. The summed E-state index contributed by atoms with van der Waals surface area (Å²) in [4.78, 5) is 25.8. The highest BCUT2D eigenvalue weighted by molar-refractivity contribution is 9.10. The number of carboxylic acids is 1. The molecule has 0 spiro atoms. The third-order valence-corrected chi connectivity index (χ3v) is 5.17. The van der Waals surface area contributed by atoms with Crippen LogP contribution in [0.25, 0.3) is 0 Å². The first kappa shape index (κ1) is 15.5. The molecule has 3 rings (SSSR count). The van der Waals surface area contributed by atoms with Gasteiger partial charge < -0.3 is 14.7 Å². The zero-order chi connectivity index (χ0) is 15.7. The number of carboxylic acid groups (broad SMARTS) is 1. The molecule has 1 atom stereocenters. The van der Waals surface area contributed by atoms with Crippen molar-refractivity contribution >= 4 is 27.8 Å². The van der Waals surface area contributed by atoms with E-state index >= 15 is 0 Å². The third-order valence-electron chi connectivity index (χ3n) is 4.64. The van der Waals surface area contributed by atoms with E-state index in [0.29, 0.717) is 6.54 Å². The molecule has 0 aromatic heterocycles. The molecular weight excluding hydrogens is 350 g/mol. The maximum Gasteiger partial charge on any atom is 0.334 e. The summed E-state index contributed by atoms with van der Waals surface area (Å²) in [5.74, 6) is -0.973. The molecule has 1 saturated heterocycles. The maximum absolute atomic E-state index is 13.0. The van der Waals surface area contributed by atoms with Crippen molar-refractivity contribution in [3.05, 3.63) is 34.3 Å². The van der Waals surface area contributed by atoms with E-state index in [1.54, 1.807) is 4.90 Å². The molecule has 5 nitrogen and oxygen atoms in total. The van der Waals surface area contributed by atoms with E-state index in [9.17, 15) is 9.59 Å². The fourth-order valence-corrected chi connectivity index (χ4v) is 3.48. The van der Waals surface area contributed by atoms with Crippen LogP contribution in [0.3, 0.4) is 0 Å². The average molecular weight is 368 g/mol. The third kappa shape index (κ3) is 2.65. The predicted octanol–water partition coefficient (Wildman–Crippen LogP) is 2.18. The second kappa shape index (κ2) is 6.01. The Balaban J connectivity index is 1.82. The Kier molecular flexibility index (Phi) is 4.23. The fourth-order valence-electron chi connectivity index (χ4n) is 3.21. The van der Waals surface area contributed by atoms with Crippen LogP contribution >= 0.6 is 15.9 Å². The van der Waals surface area contributed by atoms with Crippen LogP contribution in [0.4, 0.5) is 0 Å². The Morgan fingerprint density at radius 2 is 1.95 bits per heavy atom. The largest absolute Gasteiger partial charge is 0.479 e. The summed E-state index contributed by atoms with van der Waals surface area (Å²) in [6.07, 6.45) is 1.75. The molecule has 1 unspecified atom stereocenters. The van der Waals surface area contributed by atoms with Gasteiger partial charge in [-0.25, -0.2) is 4.79 Å². The van der Waals surface area contributed by atoms with Gasteiger partial charge in [0.15, 0.2) is 6.10 Å². The molecule has 1 amide bonds. The lowest BCUT2D eigenvalue weighted by atomic mass is 9.63. The van der Waals surface area contributed by atoms with Gasteiger partial charge in [0.25, 0.3) is 0 Å². The van der Waals surface area contributed by atoms with Gasteiger partial charge in [-0.05, 0) is 30.5 Å². The van der Waals surface area contributed by atoms with Gasteiger partial charge in [-0.2, -0.15) is 0 Å². The number of hydrogen-bond acceptors (Lipinski definition) is 3. The minimum Gasteiger partial charge on any atom is -0.479 e. The van der Waals surface area contributed by atoms with E-state index in [4.69, 9.17) is 9.84 Å². The van der Waals surface area contributed by atoms with E-state index in [-0.39, 0.29) is 19.1 Å². The number of rotatable bonds is 3. The van der Waals surface area contributed by atoms with Crippen LogP contribution in [-0.2, 0) is 19.7 Å². The van der Waals surface area contributed by atoms with E-state index in [0.717, 1.165) is 29.3 Å². The summed E-state index contributed by atoms with van der Waals surface area (Å²) in [6, 6.07) is 7.86. The minimum absolute atomic E-state index is 0.0376. The molecule has 118 valence electrons. The maximum atomic E-state index is 13.0. The van der Waals surface area contributed by atoms with E-state index < -0.39 is 17.5 Å². The standard InChI is InChI=1S/C16H18BrNO4/c17-12-4-2-11(3-5-12)16(6-1-7-16)15(21)18-8-9-22-13(10-18)14(19)20/h2-5,13H,1,6-10H2,(H,19,20). The molecule has 1 aromatic carbocycles. The summed E-state index contributed by atoms with van der Waals surface area (Å²) in [5, 5.41) is 9.09. The molecule has 1 heterocycles. The van der Waals surface area contributed by atoms with Crippen LogP contribution in [0.5, 0.6) is 0 Å². The zero-order valence-corrected chi connectivity index (χ0v) is 13.7. The number of aliphatic carboxylic acids is 1. The summed E-state index contributed by atoms with van der Waals surface area (Å²) in [7, 11) is 0. The Morgan fingerprint density at radius 3 is 2.50 bits per heavy atom. The van der Waals surface area contributed by atoms with Crippen molar-refractivity contribution in [3.63, 3.8) is 0 Å². The smallest absolute Gasteiger partial charge is 0.334 e. The highest BCUT2D eigenvalue weighted by Gasteiger charge is 2.48. The van der Waals surface area contributed by atoms with Crippen LogP contribution in [0, 0.1) is 0 Å². The number of carbonyl (C=O) groups is 2. The van der Waals surface area contributed by atoms with Crippen molar-refractivity contribution in [2.24, 2.45) is 0 Å². The quantitative estimate of drug-likeness (QED) is 0.888. The molecule has 22 heavy (non-hydrogen) atoms. The second-order valence-corrected chi connectivity index (χ2v) is 6.81. The second-order valence-electron chi connectivity index (χ2n) is 5.89. The fraction of sp³-hybridized carbons (Fsp3) is 0.500. The number of nitrogens with zero attached hydrogens (tertiary/aromatic N) is 1. The van der Waals surface area contributed by atoms with Crippen molar-refractivity contribution in [1.29, 1.82) is 0 Å². The Hall–Kier alpha value is -1.40. The van der Waals surface area contributed by atoms with Gasteiger partial charge in [-0.15, -0.1) is 0 Å². The number of morpholine rings is 1. The number of hydrogen-bond donors (Lipinski definition) is 1. The lowest BCUT2D eigenvalue weighted by Crippen LogP contribution is -2.56. The molecule has 2 fully saturated rings. The topological polar surface area (TPSA) is 66.8 Å². The van der Waals surface area contributed by atoms with Gasteiger partial charge in [0.1, 0.15) is 0 Å². The van der Waals surface area contributed by atoms with Crippen LogP contribution < -0.4 is 0 Å². The van der Waals surface area contributed by atoms with Crippen LogP contribution in [0.1, 0.15) is 24.8 Å². The van der Waals surface area contributed by atoms with Crippen LogP contribution in [0.15, 0.2) is 28.7 Å². The van der Waals surface area contributed by atoms with E-state index in [1.165, 1.54) is 0 Å². The van der Waals surface area contributed by atoms with Crippen molar-refractivity contribution in [1.82, 2.24) is 4.90 Å². The lowest BCUT2D eigenvalue weighted by Gasteiger charge is -2.45. The number of amides is 1. The van der Waals surface area contributed by atoms with Gasteiger partial charge in [0, 0.05) is 11.0 Å². The highest BCUT2D eigenvalue weighted by atomic mass is 79.9. The number of ether oxygens (including phenoxy) is 1. The Labute approximate surface area is 137 Å². The summed E-state index contributed by atoms with van der Waals surface area (Å²) < 4.78 is 6.19. The first-order chi connectivity index (χ1) is 10.5. The summed E-state index contributed by atoms with van der Waals surface area (Å²) >= 11 is 3.41. The summed E-state index contributed by atoms with van der Waals surface area (Å²) in [5.41, 5.74) is 0.534. The van der Waals surface area contributed by atoms with Crippen molar-refractivity contribution in [2.75, 3.05) is 19.7 Å². The molecule has 1 aliphatic carbocycles. The summed E-state index contributed by atoms with van der Waals surface area (Å²) in [6.45, 7) is 0.868. The van der Waals surface area contributed by atoms with Gasteiger partial charge in [-0.1, -0.05) is 34.5 Å². The monoisotopic (exact) mass is 367 g/mol. The molecule has 6 heteroatoms. The molecule has 0 bridgehead atoms. The van der Waals surface area contributed by atoms with Crippen molar-refractivity contribution < 1.29 is 19.4 Å². The SMILES string of the molecule is O=C(O)C1CN(C(=O)C2(c3ccc(Br)cc3)CCC2)CCO1. The van der Waals surface area contributed by atoms with Crippen molar-refractivity contribution in [3.8, 4) is 0 Å². The van der Waals surface area contributed by atoms with Crippen LogP contribution in [-0.4, -0.2) is 47.7 Å². The lowest BCUT2D eigenvalue weighted by molar-refractivity contribution is -0.162. The van der Waals surface area contributed by atoms with Gasteiger partial charge in [0.05, 0.1) is 18.6 Å². The average Bonchev–Trinajstić information content (AvgIpc) is 2.48. The van der Waals surface area contributed by atoms with Gasteiger partial charge >= 0.3 is 5.97 Å².